The zero-order valence-corrected chi connectivity index (χ0v) is 12.1. The fraction of sp³-hybridized carbons (Fsp3) is 0.385. The Labute approximate surface area is 121 Å². The van der Waals surface area contributed by atoms with Crippen molar-refractivity contribution in [2.45, 2.75) is 12.5 Å². The maximum atomic E-state index is 13.1. The predicted molar refractivity (Wildman–Crippen MR) is 77.8 cm³/mol. The van der Waals surface area contributed by atoms with Crippen molar-refractivity contribution in [2.24, 2.45) is 0 Å². The highest BCUT2D eigenvalue weighted by Crippen LogP contribution is 2.14. The number of nitrogens with zero attached hydrogens (tertiary/aromatic N) is 1. The van der Waals surface area contributed by atoms with E-state index in [-0.39, 0.29) is 0 Å². The molecule has 0 saturated carbocycles. The van der Waals surface area contributed by atoms with E-state index in [1.807, 2.05) is 6.26 Å². The maximum Gasteiger partial charge on any atom is 0.326 e. The van der Waals surface area contributed by atoms with Gasteiger partial charge in [-0.15, -0.1) is 0 Å². The van der Waals surface area contributed by atoms with E-state index in [2.05, 4.69) is 5.32 Å². The van der Waals surface area contributed by atoms with Crippen LogP contribution < -0.4 is 10.2 Å². The van der Waals surface area contributed by atoms with Gasteiger partial charge in [-0.25, -0.2) is 14.0 Å². The molecule has 1 aromatic carbocycles. The SMILES string of the molecule is CSCCC(NC(=O)N(C)c1cccc(F)c1)C(=O)O. The first kappa shape index (κ1) is 16.3. The molecule has 1 rings (SSSR count). The van der Waals surface area contributed by atoms with Crippen molar-refractivity contribution in [3.05, 3.63) is 30.1 Å². The second-order valence-corrected chi connectivity index (χ2v) is 5.15. The number of hydrogen-bond acceptors (Lipinski definition) is 3. The number of carbonyl (C=O) groups is 2. The van der Waals surface area contributed by atoms with Gasteiger partial charge in [0.15, 0.2) is 0 Å². The molecule has 1 unspecified atom stereocenters. The number of amides is 2. The van der Waals surface area contributed by atoms with Crippen LogP contribution in [0.3, 0.4) is 0 Å². The molecule has 0 radical (unpaired) electrons. The summed E-state index contributed by atoms with van der Waals surface area (Å²) < 4.78 is 13.1. The van der Waals surface area contributed by atoms with Crippen LogP contribution >= 0.6 is 11.8 Å². The summed E-state index contributed by atoms with van der Waals surface area (Å²) in [5.74, 6) is -0.916. The van der Waals surface area contributed by atoms with Crippen LogP contribution in [0.25, 0.3) is 0 Å². The summed E-state index contributed by atoms with van der Waals surface area (Å²) in [6, 6.07) is 4.00. The third kappa shape index (κ3) is 4.73. The molecule has 0 bridgehead atoms. The molecule has 2 amide bonds. The van der Waals surface area contributed by atoms with E-state index in [1.54, 1.807) is 6.07 Å². The van der Waals surface area contributed by atoms with Crippen LogP contribution in [0.2, 0.25) is 0 Å². The first-order valence-electron chi connectivity index (χ1n) is 5.97. The van der Waals surface area contributed by atoms with Gasteiger partial charge in [0.1, 0.15) is 11.9 Å². The summed E-state index contributed by atoms with van der Waals surface area (Å²) in [7, 11) is 1.46. The maximum absolute atomic E-state index is 13.1. The normalized spacial score (nSPS) is 11.8. The van der Waals surface area contributed by atoms with E-state index in [0.717, 1.165) is 0 Å². The van der Waals surface area contributed by atoms with Gasteiger partial charge in [-0.1, -0.05) is 6.07 Å². The van der Waals surface area contributed by atoms with E-state index < -0.39 is 23.9 Å². The first-order valence-corrected chi connectivity index (χ1v) is 7.36. The Kier molecular flexibility index (Phi) is 6.30. The summed E-state index contributed by atoms with van der Waals surface area (Å²) in [5, 5.41) is 11.5. The highest BCUT2D eigenvalue weighted by molar-refractivity contribution is 7.98. The number of hydrogen-bond donors (Lipinski definition) is 2. The minimum absolute atomic E-state index is 0.333. The number of carboxylic acid groups (broad SMARTS) is 1. The van der Waals surface area contributed by atoms with Crippen molar-refractivity contribution in [3.8, 4) is 0 Å². The van der Waals surface area contributed by atoms with Crippen molar-refractivity contribution in [2.75, 3.05) is 24.0 Å². The van der Waals surface area contributed by atoms with E-state index in [9.17, 15) is 14.0 Å². The monoisotopic (exact) mass is 300 g/mol. The quantitative estimate of drug-likeness (QED) is 0.845. The lowest BCUT2D eigenvalue weighted by molar-refractivity contribution is -0.139. The second-order valence-electron chi connectivity index (χ2n) is 4.16. The molecule has 0 saturated heterocycles. The molecule has 0 heterocycles. The Bertz CT molecular complexity index is 484. The van der Waals surface area contributed by atoms with Crippen LogP contribution in [0.1, 0.15) is 6.42 Å². The number of benzene rings is 1. The number of aliphatic carboxylic acids is 1. The molecule has 0 aromatic heterocycles. The number of carbonyl (C=O) groups excluding carboxylic acids is 1. The van der Waals surface area contributed by atoms with Gasteiger partial charge in [-0.2, -0.15) is 11.8 Å². The number of urea groups is 1. The number of rotatable bonds is 6. The lowest BCUT2D eigenvalue weighted by Gasteiger charge is -2.21. The zero-order chi connectivity index (χ0) is 15.1. The largest absolute Gasteiger partial charge is 0.480 e. The smallest absolute Gasteiger partial charge is 0.326 e. The molecule has 20 heavy (non-hydrogen) atoms. The molecule has 1 aromatic rings. The summed E-state index contributed by atoms with van der Waals surface area (Å²) in [6.07, 6.45) is 2.19. The molecule has 0 aliphatic carbocycles. The van der Waals surface area contributed by atoms with Crippen LogP contribution in [0.15, 0.2) is 24.3 Å². The van der Waals surface area contributed by atoms with Gasteiger partial charge in [0.25, 0.3) is 0 Å². The number of carboxylic acids is 1. The lowest BCUT2D eigenvalue weighted by Crippen LogP contribution is -2.47. The number of halogens is 1. The Morgan fingerprint density at radius 2 is 2.20 bits per heavy atom. The number of thioether (sulfide) groups is 1. The van der Waals surface area contributed by atoms with Crippen LogP contribution in [0.5, 0.6) is 0 Å². The van der Waals surface area contributed by atoms with E-state index in [0.29, 0.717) is 17.9 Å². The first-order chi connectivity index (χ1) is 9.45. The molecule has 7 heteroatoms. The average molecular weight is 300 g/mol. The van der Waals surface area contributed by atoms with Crippen LogP contribution in [-0.4, -0.2) is 42.2 Å². The third-order valence-electron chi connectivity index (χ3n) is 2.71. The predicted octanol–water partition coefficient (Wildman–Crippen LogP) is 2.18. The molecule has 110 valence electrons. The fourth-order valence-corrected chi connectivity index (χ4v) is 2.01. The Hall–Kier alpha value is -1.76. The van der Waals surface area contributed by atoms with Gasteiger partial charge >= 0.3 is 12.0 Å². The van der Waals surface area contributed by atoms with Gasteiger partial charge in [-0.3, -0.25) is 4.90 Å². The molecule has 5 nitrogen and oxygen atoms in total. The van der Waals surface area contributed by atoms with Crippen LogP contribution in [0.4, 0.5) is 14.9 Å². The molecule has 0 aliphatic heterocycles. The van der Waals surface area contributed by atoms with Crippen LogP contribution in [0, 0.1) is 5.82 Å². The van der Waals surface area contributed by atoms with Gasteiger partial charge in [0.2, 0.25) is 0 Å². The molecule has 0 fully saturated rings. The van der Waals surface area contributed by atoms with E-state index in [4.69, 9.17) is 5.11 Å². The number of anilines is 1. The second kappa shape index (κ2) is 7.74. The van der Waals surface area contributed by atoms with Gasteiger partial charge < -0.3 is 10.4 Å². The molecular weight excluding hydrogens is 283 g/mol. The Morgan fingerprint density at radius 1 is 1.50 bits per heavy atom. The van der Waals surface area contributed by atoms with Crippen molar-refractivity contribution >= 4 is 29.4 Å². The minimum atomic E-state index is -1.08. The summed E-state index contributed by atoms with van der Waals surface area (Å²) in [4.78, 5) is 24.2. The van der Waals surface area contributed by atoms with Crippen molar-refractivity contribution in [1.82, 2.24) is 5.32 Å². The van der Waals surface area contributed by atoms with Crippen LogP contribution in [-0.2, 0) is 4.79 Å². The van der Waals surface area contributed by atoms with Crippen molar-refractivity contribution < 1.29 is 19.1 Å². The Morgan fingerprint density at radius 3 is 2.75 bits per heavy atom. The highest BCUT2D eigenvalue weighted by atomic mass is 32.2. The molecule has 1 atom stereocenters. The Balaban J connectivity index is 2.70. The molecule has 0 aliphatic rings. The topological polar surface area (TPSA) is 69.6 Å². The van der Waals surface area contributed by atoms with Gasteiger partial charge in [-0.05, 0) is 36.6 Å². The summed E-state index contributed by atoms with van der Waals surface area (Å²) >= 11 is 1.50. The molecule has 0 spiro atoms. The zero-order valence-electron chi connectivity index (χ0n) is 11.3. The fourth-order valence-electron chi connectivity index (χ4n) is 1.54. The third-order valence-corrected chi connectivity index (χ3v) is 3.35. The molecule has 2 N–H and O–H groups in total. The summed E-state index contributed by atoms with van der Waals surface area (Å²) in [5.41, 5.74) is 0.358. The number of nitrogens with one attached hydrogen (secondary N) is 1. The minimum Gasteiger partial charge on any atom is -0.480 e. The van der Waals surface area contributed by atoms with Crippen molar-refractivity contribution in [1.29, 1.82) is 0 Å². The highest BCUT2D eigenvalue weighted by Gasteiger charge is 2.21. The van der Waals surface area contributed by atoms with Gasteiger partial charge in [0, 0.05) is 12.7 Å². The van der Waals surface area contributed by atoms with E-state index in [1.165, 1.54) is 41.9 Å². The van der Waals surface area contributed by atoms with E-state index >= 15 is 0 Å². The standard InChI is InChI=1S/C13H17FN2O3S/c1-16(10-5-3-4-9(14)8-10)13(19)15-11(12(17)18)6-7-20-2/h3-5,8,11H,6-7H2,1-2H3,(H,15,19)(H,17,18). The summed E-state index contributed by atoms with van der Waals surface area (Å²) in [6.45, 7) is 0. The lowest BCUT2D eigenvalue weighted by atomic mass is 10.2. The van der Waals surface area contributed by atoms with Gasteiger partial charge in [0.05, 0.1) is 0 Å². The average Bonchev–Trinajstić information content (AvgIpc) is 2.42. The molecular formula is C13H17FN2O3S. The van der Waals surface area contributed by atoms with Crippen molar-refractivity contribution in [3.63, 3.8) is 0 Å².